The smallest absolute Gasteiger partial charge is 0.163 e. The number of hydrogen-bond donors (Lipinski definition) is 2. The Balaban J connectivity index is 1.78. The van der Waals surface area contributed by atoms with Gasteiger partial charge in [-0.2, -0.15) is 0 Å². The van der Waals surface area contributed by atoms with Gasteiger partial charge in [-0.1, -0.05) is 65.5 Å². The molecule has 246 valence electrons. The molecular formula is C38H49N3O5. The van der Waals surface area contributed by atoms with E-state index in [9.17, 15) is 10.2 Å². The minimum Gasteiger partial charge on any atom is -0.507 e. The van der Waals surface area contributed by atoms with Crippen molar-refractivity contribution in [3.05, 3.63) is 84.1 Å². The first-order chi connectivity index (χ1) is 22.5. The van der Waals surface area contributed by atoms with E-state index < -0.39 is 6.10 Å². The number of benzene rings is 3. The zero-order chi connectivity index (χ0) is 32.7. The molecule has 0 bridgehead atoms. The molecule has 0 spiro atoms. The van der Waals surface area contributed by atoms with Gasteiger partial charge in [-0.15, -0.1) is 10.2 Å². The van der Waals surface area contributed by atoms with Gasteiger partial charge < -0.3 is 24.4 Å². The molecular weight excluding hydrogens is 578 g/mol. The highest BCUT2D eigenvalue weighted by Gasteiger charge is 2.31. The molecule has 0 saturated heterocycles. The van der Waals surface area contributed by atoms with Crippen molar-refractivity contribution in [3.63, 3.8) is 0 Å². The molecule has 0 amide bonds. The van der Waals surface area contributed by atoms with Crippen LogP contribution in [0.25, 0.3) is 11.3 Å². The maximum atomic E-state index is 11.4. The van der Waals surface area contributed by atoms with Crippen LogP contribution in [0, 0.1) is 0 Å². The Morgan fingerprint density at radius 2 is 1.17 bits per heavy atom. The van der Waals surface area contributed by atoms with Crippen LogP contribution in [-0.2, 0) is 0 Å². The van der Waals surface area contributed by atoms with Gasteiger partial charge in [0.1, 0.15) is 28.7 Å². The number of nitrogens with zero attached hydrogens (tertiary/aromatic N) is 3. The molecule has 0 saturated carbocycles. The maximum absolute atomic E-state index is 11.4. The van der Waals surface area contributed by atoms with E-state index in [1.54, 1.807) is 36.5 Å². The lowest BCUT2D eigenvalue weighted by Crippen LogP contribution is -2.20. The SMILES string of the molecule is CCCCCC(CC)Oc1cccc(O)c1C(Oc1ccc(-c2ccnnn2)cc1)c1c(O)cccc1OC(CC)CCCCC. The quantitative estimate of drug-likeness (QED) is 0.0990. The summed E-state index contributed by atoms with van der Waals surface area (Å²) in [7, 11) is 0. The van der Waals surface area contributed by atoms with Crippen LogP contribution in [0.15, 0.2) is 72.9 Å². The molecule has 2 atom stereocenters. The summed E-state index contributed by atoms with van der Waals surface area (Å²) in [5.74, 6) is 1.59. The number of phenols is 2. The Morgan fingerprint density at radius 1 is 0.630 bits per heavy atom. The number of phenolic OH excluding ortho intramolecular Hbond substituents is 2. The van der Waals surface area contributed by atoms with Crippen molar-refractivity contribution in [1.29, 1.82) is 0 Å². The fourth-order valence-corrected chi connectivity index (χ4v) is 5.59. The predicted molar refractivity (Wildman–Crippen MR) is 182 cm³/mol. The third kappa shape index (κ3) is 9.35. The number of rotatable bonds is 19. The van der Waals surface area contributed by atoms with Crippen molar-refractivity contribution in [2.75, 3.05) is 0 Å². The summed E-state index contributed by atoms with van der Waals surface area (Å²) in [4.78, 5) is 0. The zero-order valence-corrected chi connectivity index (χ0v) is 27.7. The molecule has 4 aromatic rings. The van der Waals surface area contributed by atoms with E-state index in [4.69, 9.17) is 14.2 Å². The monoisotopic (exact) mass is 627 g/mol. The van der Waals surface area contributed by atoms with Gasteiger partial charge in [-0.25, -0.2) is 0 Å². The summed E-state index contributed by atoms with van der Waals surface area (Å²) in [5.41, 5.74) is 2.41. The fourth-order valence-electron chi connectivity index (χ4n) is 5.59. The van der Waals surface area contributed by atoms with Crippen LogP contribution in [0.5, 0.6) is 28.7 Å². The van der Waals surface area contributed by atoms with Crippen molar-refractivity contribution in [1.82, 2.24) is 15.4 Å². The van der Waals surface area contributed by atoms with Crippen LogP contribution in [0.2, 0.25) is 0 Å². The first-order valence-electron chi connectivity index (χ1n) is 16.9. The van der Waals surface area contributed by atoms with Crippen LogP contribution in [0.3, 0.4) is 0 Å². The Bertz CT molecular complexity index is 1400. The molecule has 0 fully saturated rings. The average molecular weight is 628 g/mol. The summed E-state index contributed by atoms with van der Waals surface area (Å²) in [6, 6.07) is 19.8. The molecule has 0 aliphatic carbocycles. The molecule has 0 aliphatic heterocycles. The van der Waals surface area contributed by atoms with Crippen LogP contribution in [0.4, 0.5) is 0 Å². The largest absolute Gasteiger partial charge is 0.507 e. The number of hydrogen-bond acceptors (Lipinski definition) is 8. The Morgan fingerprint density at radius 3 is 1.63 bits per heavy atom. The molecule has 1 heterocycles. The molecule has 2 unspecified atom stereocenters. The highest BCUT2D eigenvalue weighted by atomic mass is 16.5. The van der Waals surface area contributed by atoms with E-state index in [1.165, 1.54) is 0 Å². The molecule has 4 rings (SSSR count). The lowest BCUT2D eigenvalue weighted by atomic mass is 9.96. The fraction of sp³-hybridized carbons (Fsp3) is 0.447. The van der Waals surface area contributed by atoms with E-state index in [1.807, 2.05) is 36.4 Å². The van der Waals surface area contributed by atoms with E-state index in [2.05, 4.69) is 43.1 Å². The third-order valence-corrected chi connectivity index (χ3v) is 8.28. The van der Waals surface area contributed by atoms with Crippen molar-refractivity contribution in [3.8, 4) is 40.0 Å². The second-order valence-electron chi connectivity index (χ2n) is 11.7. The highest BCUT2D eigenvalue weighted by Crippen LogP contribution is 2.46. The Kier molecular flexibility index (Phi) is 13.5. The van der Waals surface area contributed by atoms with E-state index in [-0.39, 0.29) is 23.7 Å². The predicted octanol–water partition coefficient (Wildman–Crippen LogP) is 9.59. The standard InChI is InChI=1S/C38H49N3O5/c1-5-9-11-15-28(7-3)44-34-19-13-17-32(42)36(34)38(46-30-23-21-27(22-24-30)31-25-26-39-41-40-31)37-33(43)18-14-20-35(37)45-29(8-4)16-12-10-6-2/h13-14,17-26,28-29,38,42-43H,5-12,15-16H2,1-4H3. The second kappa shape index (κ2) is 18.0. The van der Waals surface area contributed by atoms with Crippen LogP contribution in [0.1, 0.15) is 109 Å². The number of aromatic nitrogens is 3. The summed E-state index contributed by atoms with van der Waals surface area (Å²) in [6.07, 6.45) is 10.7. The molecule has 2 N–H and O–H groups in total. The van der Waals surface area contributed by atoms with Crippen LogP contribution >= 0.6 is 0 Å². The van der Waals surface area contributed by atoms with Gasteiger partial charge in [0, 0.05) is 5.56 Å². The lowest BCUT2D eigenvalue weighted by Gasteiger charge is -2.28. The highest BCUT2D eigenvalue weighted by molar-refractivity contribution is 5.60. The average Bonchev–Trinajstić information content (AvgIpc) is 3.08. The maximum Gasteiger partial charge on any atom is 0.163 e. The molecule has 1 aromatic heterocycles. The van der Waals surface area contributed by atoms with Gasteiger partial charge in [0.15, 0.2) is 6.10 Å². The van der Waals surface area contributed by atoms with E-state index in [0.717, 1.165) is 69.8 Å². The van der Waals surface area contributed by atoms with Crippen molar-refractivity contribution in [2.45, 2.75) is 110 Å². The van der Waals surface area contributed by atoms with Crippen molar-refractivity contribution in [2.24, 2.45) is 0 Å². The second-order valence-corrected chi connectivity index (χ2v) is 11.7. The van der Waals surface area contributed by atoms with Crippen LogP contribution < -0.4 is 14.2 Å². The first kappa shape index (κ1) is 34.5. The van der Waals surface area contributed by atoms with Gasteiger partial charge in [-0.05, 0) is 98.3 Å². The third-order valence-electron chi connectivity index (χ3n) is 8.28. The molecule has 0 aliphatic rings. The first-order valence-corrected chi connectivity index (χ1v) is 16.9. The van der Waals surface area contributed by atoms with E-state index >= 15 is 0 Å². The summed E-state index contributed by atoms with van der Waals surface area (Å²) < 4.78 is 19.9. The Labute approximate surface area is 273 Å². The minimum atomic E-state index is -0.944. The van der Waals surface area contributed by atoms with Crippen LogP contribution in [-0.4, -0.2) is 37.8 Å². The van der Waals surface area contributed by atoms with E-state index in [0.29, 0.717) is 34.1 Å². The number of ether oxygens (including phenoxy) is 3. The molecule has 46 heavy (non-hydrogen) atoms. The van der Waals surface area contributed by atoms with Gasteiger partial charge >= 0.3 is 0 Å². The van der Waals surface area contributed by atoms with Crippen molar-refractivity contribution < 1.29 is 24.4 Å². The minimum absolute atomic E-state index is 0.0128. The molecule has 8 nitrogen and oxygen atoms in total. The zero-order valence-electron chi connectivity index (χ0n) is 27.7. The number of unbranched alkanes of at least 4 members (excludes halogenated alkanes) is 4. The van der Waals surface area contributed by atoms with Gasteiger partial charge in [-0.3, -0.25) is 0 Å². The van der Waals surface area contributed by atoms with Gasteiger partial charge in [0.2, 0.25) is 0 Å². The Hall–Kier alpha value is -4.33. The summed E-state index contributed by atoms with van der Waals surface area (Å²) >= 11 is 0. The van der Waals surface area contributed by atoms with Crippen molar-refractivity contribution >= 4 is 0 Å². The molecule has 8 heteroatoms. The van der Waals surface area contributed by atoms with Gasteiger partial charge in [0.25, 0.3) is 0 Å². The summed E-state index contributed by atoms with van der Waals surface area (Å²) in [6.45, 7) is 8.60. The normalized spacial score (nSPS) is 13.1. The molecule has 3 aromatic carbocycles. The number of aromatic hydroxyl groups is 2. The summed E-state index contributed by atoms with van der Waals surface area (Å²) in [5, 5.41) is 34.5. The molecule has 0 radical (unpaired) electrons. The topological polar surface area (TPSA) is 107 Å². The van der Waals surface area contributed by atoms with Gasteiger partial charge in [0.05, 0.1) is 35.2 Å². The lowest BCUT2D eigenvalue weighted by molar-refractivity contribution is 0.160.